The molecule has 2 rings (SSSR count). The Balaban J connectivity index is 1.99. The van der Waals surface area contributed by atoms with Crippen molar-refractivity contribution in [3.8, 4) is 0 Å². The summed E-state index contributed by atoms with van der Waals surface area (Å²) in [7, 11) is 0. The van der Waals surface area contributed by atoms with E-state index in [0.717, 1.165) is 13.1 Å². The minimum absolute atomic E-state index is 0.690. The summed E-state index contributed by atoms with van der Waals surface area (Å²) in [5.41, 5.74) is 5.81. The van der Waals surface area contributed by atoms with E-state index in [4.69, 9.17) is 0 Å². The molecule has 1 aromatic rings. The molecule has 1 aromatic carbocycles. The molecule has 1 N–H and O–H groups in total. The third-order valence-electron chi connectivity index (χ3n) is 4.41. The van der Waals surface area contributed by atoms with Crippen LogP contribution in [-0.2, 0) is 6.54 Å². The maximum Gasteiger partial charge on any atom is 0.0239 e. The molecule has 0 aromatic heterocycles. The number of rotatable bonds is 5. The Kier molecular flexibility index (Phi) is 5.62. The van der Waals surface area contributed by atoms with Gasteiger partial charge >= 0.3 is 0 Å². The second-order valence-electron chi connectivity index (χ2n) is 6.41. The fourth-order valence-electron chi connectivity index (χ4n) is 3.40. The number of nitrogens with one attached hydrogen (secondary N) is 1. The second-order valence-corrected chi connectivity index (χ2v) is 6.41. The van der Waals surface area contributed by atoms with Crippen molar-refractivity contribution in [1.29, 1.82) is 0 Å². The highest BCUT2D eigenvalue weighted by Gasteiger charge is 2.20. The van der Waals surface area contributed by atoms with E-state index < -0.39 is 0 Å². The lowest BCUT2D eigenvalue weighted by molar-refractivity contribution is 0.183. The van der Waals surface area contributed by atoms with Crippen molar-refractivity contribution in [1.82, 2.24) is 10.2 Å². The second kappa shape index (κ2) is 7.24. The third kappa shape index (κ3) is 4.07. The molecule has 0 aliphatic carbocycles. The molecule has 1 fully saturated rings. The van der Waals surface area contributed by atoms with Crippen molar-refractivity contribution in [2.45, 2.75) is 59.5 Å². The van der Waals surface area contributed by atoms with E-state index in [2.05, 4.69) is 50.0 Å². The van der Waals surface area contributed by atoms with E-state index in [0.29, 0.717) is 6.04 Å². The fourth-order valence-corrected chi connectivity index (χ4v) is 3.40. The van der Waals surface area contributed by atoms with Crippen LogP contribution in [0.15, 0.2) is 12.1 Å². The molecule has 112 valence electrons. The van der Waals surface area contributed by atoms with Gasteiger partial charge in [-0.15, -0.1) is 0 Å². The lowest BCUT2D eigenvalue weighted by Crippen LogP contribution is -2.45. The van der Waals surface area contributed by atoms with Crippen molar-refractivity contribution >= 4 is 0 Å². The summed E-state index contributed by atoms with van der Waals surface area (Å²) in [5, 5.41) is 3.68. The first kappa shape index (κ1) is 15.5. The molecule has 1 aliphatic rings. The predicted octanol–water partition coefficient (Wildman–Crippen LogP) is 3.58. The number of hydrogen-bond donors (Lipinski definition) is 1. The van der Waals surface area contributed by atoms with Crippen LogP contribution in [0.5, 0.6) is 0 Å². The van der Waals surface area contributed by atoms with Gasteiger partial charge in [0.25, 0.3) is 0 Å². The Labute approximate surface area is 124 Å². The number of hydrogen-bond acceptors (Lipinski definition) is 2. The number of aryl methyl sites for hydroxylation is 3. The molecule has 20 heavy (non-hydrogen) atoms. The lowest BCUT2D eigenvalue weighted by Gasteiger charge is -2.34. The quantitative estimate of drug-likeness (QED) is 0.883. The molecular formula is C18H30N2. The zero-order chi connectivity index (χ0) is 14.5. The largest absolute Gasteiger partial charge is 0.313 e. The lowest BCUT2D eigenvalue weighted by atomic mass is 9.98. The van der Waals surface area contributed by atoms with Gasteiger partial charge in [-0.05, 0) is 69.8 Å². The molecule has 0 spiro atoms. The van der Waals surface area contributed by atoms with Gasteiger partial charge in [-0.25, -0.2) is 0 Å². The van der Waals surface area contributed by atoms with E-state index in [1.54, 1.807) is 0 Å². The summed E-state index contributed by atoms with van der Waals surface area (Å²) >= 11 is 0. The molecule has 0 amide bonds. The van der Waals surface area contributed by atoms with Gasteiger partial charge in [-0.1, -0.05) is 24.6 Å². The Morgan fingerprint density at radius 1 is 1.20 bits per heavy atom. The van der Waals surface area contributed by atoms with Crippen LogP contribution >= 0.6 is 0 Å². The molecule has 0 bridgehead atoms. The Morgan fingerprint density at radius 3 is 2.55 bits per heavy atom. The van der Waals surface area contributed by atoms with E-state index in [9.17, 15) is 0 Å². The molecule has 0 saturated carbocycles. The van der Waals surface area contributed by atoms with Gasteiger partial charge in [0, 0.05) is 19.1 Å². The highest BCUT2D eigenvalue weighted by Crippen LogP contribution is 2.20. The Bertz CT molecular complexity index is 416. The van der Waals surface area contributed by atoms with Crippen molar-refractivity contribution in [3.63, 3.8) is 0 Å². The number of piperidine rings is 1. The van der Waals surface area contributed by atoms with Crippen LogP contribution in [0, 0.1) is 20.8 Å². The van der Waals surface area contributed by atoms with Gasteiger partial charge in [0.1, 0.15) is 0 Å². The zero-order valence-corrected chi connectivity index (χ0v) is 13.6. The molecule has 0 radical (unpaired) electrons. The fraction of sp³-hybridized carbons (Fsp3) is 0.667. The molecule has 1 heterocycles. The minimum atomic E-state index is 0.690. The summed E-state index contributed by atoms with van der Waals surface area (Å²) in [6.07, 6.45) is 3.89. The van der Waals surface area contributed by atoms with Crippen LogP contribution in [0.4, 0.5) is 0 Å². The van der Waals surface area contributed by atoms with Crippen LogP contribution in [0.25, 0.3) is 0 Å². The smallest absolute Gasteiger partial charge is 0.0239 e. The van der Waals surface area contributed by atoms with Gasteiger partial charge in [-0.2, -0.15) is 0 Å². The van der Waals surface area contributed by atoms with Gasteiger partial charge < -0.3 is 5.32 Å². The van der Waals surface area contributed by atoms with E-state index >= 15 is 0 Å². The molecule has 2 heteroatoms. The normalized spacial score (nSPS) is 20.3. The standard InChI is InChI=1S/C18H30N2/c1-5-8-19-17-7-6-9-20(12-17)13-18-15(3)10-14(2)11-16(18)4/h10-11,17,19H,5-9,12-13H2,1-4H3. The average Bonchev–Trinajstić information content (AvgIpc) is 2.41. The molecular weight excluding hydrogens is 244 g/mol. The SMILES string of the molecule is CCCNC1CCCN(Cc2c(C)cc(C)cc2C)C1. The summed E-state index contributed by atoms with van der Waals surface area (Å²) in [6.45, 7) is 13.7. The summed E-state index contributed by atoms with van der Waals surface area (Å²) in [6, 6.07) is 5.33. The van der Waals surface area contributed by atoms with Crippen molar-refractivity contribution in [2.24, 2.45) is 0 Å². The number of benzene rings is 1. The Morgan fingerprint density at radius 2 is 1.90 bits per heavy atom. The summed E-state index contributed by atoms with van der Waals surface area (Å²) < 4.78 is 0. The Hall–Kier alpha value is -0.860. The van der Waals surface area contributed by atoms with E-state index in [-0.39, 0.29) is 0 Å². The highest BCUT2D eigenvalue weighted by molar-refractivity contribution is 5.37. The molecule has 2 nitrogen and oxygen atoms in total. The molecule has 1 unspecified atom stereocenters. The van der Waals surface area contributed by atoms with Gasteiger partial charge in [0.2, 0.25) is 0 Å². The third-order valence-corrected chi connectivity index (χ3v) is 4.41. The average molecular weight is 274 g/mol. The first-order valence-electron chi connectivity index (χ1n) is 8.12. The van der Waals surface area contributed by atoms with Crippen LogP contribution in [0.3, 0.4) is 0 Å². The maximum atomic E-state index is 3.68. The van der Waals surface area contributed by atoms with Crippen LogP contribution in [0.1, 0.15) is 48.4 Å². The van der Waals surface area contributed by atoms with Crippen LogP contribution in [0.2, 0.25) is 0 Å². The van der Waals surface area contributed by atoms with Gasteiger partial charge in [0.05, 0.1) is 0 Å². The number of nitrogens with zero attached hydrogens (tertiary/aromatic N) is 1. The predicted molar refractivity (Wildman–Crippen MR) is 87.2 cm³/mol. The molecule has 1 aliphatic heterocycles. The molecule has 1 saturated heterocycles. The van der Waals surface area contributed by atoms with Crippen LogP contribution < -0.4 is 5.32 Å². The van der Waals surface area contributed by atoms with Crippen molar-refractivity contribution < 1.29 is 0 Å². The van der Waals surface area contributed by atoms with Crippen molar-refractivity contribution in [3.05, 3.63) is 34.4 Å². The van der Waals surface area contributed by atoms with E-state index in [1.807, 2.05) is 0 Å². The topological polar surface area (TPSA) is 15.3 Å². The first-order valence-corrected chi connectivity index (χ1v) is 8.12. The molecule has 1 atom stereocenters. The summed E-state index contributed by atoms with van der Waals surface area (Å²) in [4.78, 5) is 2.63. The van der Waals surface area contributed by atoms with Gasteiger partial charge in [-0.3, -0.25) is 4.90 Å². The van der Waals surface area contributed by atoms with E-state index in [1.165, 1.54) is 54.6 Å². The zero-order valence-electron chi connectivity index (χ0n) is 13.6. The minimum Gasteiger partial charge on any atom is -0.313 e. The van der Waals surface area contributed by atoms with Gasteiger partial charge in [0.15, 0.2) is 0 Å². The van der Waals surface area contributed by atoms with Crippen molar-refractivity contribution in [2.75, 3.05) is 19.6 Å². The van der Waals surface area contributed by atoms with Crippen LogP contribution in [-0.4, -0.2) is 30.6 Å². The monoisotopic (exact) mass is 274 g/mol. The summed E-state index contributed by atoms with van der Waals surface area (Å²) in [5.74, 6) is 0. The first-order chi connectivity index (χ1) is 9.60. The number of likely N-dealkylation sites (tertiary alicyclic amines) is 1. The highest BCUT2D eigenvalue weighted by atomic mass is 15.2. The maximum absolute atomic E-state index is 3.68.